The van der Waals surface area contributed by atoms with E-state index in [4.69, 9.17) is 11.6 Å². The zero-order valence-corrected chi connectivity index (χ0v) is 23.9. The summed E-state index contributed by atoms with van der Waals surface area (Å²) in [4.78, 5) is 20.1. The normalized spacial score (nSPS) is 18.0. The number of carbonyl (C=O) groups is 1. The maximum absolute atomic E-state index is 13.9. The quantitative estimate of drug-likeness (QED) is 0.280. The summed E-state index contributed by atoms with van der Waals surface area (Å²) in [6.07, 6.45) is 7.59. The highest BCUT2D eigenvalue weighted by molar-refractivity contribution is 7.89. The summed E-state index contributed by atoms with van der Waals surface area (Å²) in [6, 6.07) is 17.7. The molecule has 210 valence electrons. The summed E-state index contributed by atoms with van der Waals surface area (Å²) < 4.78 is 45.1. The van der Waals surface area contributed by atoms with Crippen LogP contribution in [0.3, 0.4) is 0 Å². The Morgan fingerprint density at radius 3 is 2.73 bits per heavy atom. The molecule has 0 saturated carbocycles. The van der Waals surface area contributed by atoms with Crippen LogP contribution in [0, 0.1) is 5.82 Å². The van der Waals surface area contributed by atoms with Crippen LogP contribution in [0.1, 0.15) is 47.3 Å². The van der Waals surface area contributed by atoms with Crippen molar-refractivity contribution in [3.63, 3.8) is 0 Å². The first-order valence-electron chi connectivity index (χ1n) is 13.4. The molecule has 1 heterocycles. The molecule has 0 bridgehead atoms. The second kappa shape index (κ2) is 10.9. The summed E-state index contributed by atoms with van der Waals surface area (Å²) in [5.74, 6) is -0.107. The van der Waals surface area contributed by atoms with E-state index in [2.05, 4.69) is 9.71 Å². The van der Waals surface area contributed by atoms with Crippen LogP contribution in [-0.2, 0) is 34.8 Å². The average Bonchev–Trinajstić information content (AvgIpc) is 3.66. The van der Waals surface area contributed by atoms with Crippen molar-refractivity contribution in [2.24, 2.45) is 7.05 Å². The highest BCUT2D eigenvalue weighted by Gasteiger charge is 2.37. The summed E-state index contributed by atoms with van der Waals surface area (Å²) in [5, 5.41) is 0.341. The Kier molecular flexibility index (Phi) is 7.27. The number of aromatic nitrogens is 2. The molecule has 4 aromatic rings. The number of halogens is 2. The smallest absolute Gasteiger partial charge is 0.255 e. The number of carbonyl (C=O) groups excluding carboxylic acids is 1. The number of imidazole rings is 1. The van der Waals surface area contributed by atoms with Gasteiger partial charge in [0.05, 0.1) is 11.4 Å². The largest absolute Gasteiger partial charge is 0.337 e. The van der Waals surface area contributed by atoms with Gasteiger partial charge in [0.15, 0.2) is 0 Å². The van der Waals surface area contributed by atoms with Gasteiger partial charge in [-0.1, -0.05) is 41.9 Å². The lowest BCUT2D eigenvalue weighted by atomic mass is 9.87. The van der Waals surface area contributed by atoms with Gasteiger partial charge >= 0.3 is 0 Å². The van der Waals surface area contributed by atoms with Gasteiger partial charge in [-0.05, 0) is 78.4 Å². The number of sulfonamides is 1. The van der Waals surface area contributed by atoms with E-state index in [0.29, 0.717) is 28.5 Å². The molecule has 41 heavy (non-hydrogen) atoms. The third kappa shape index (κ3) is 5.70. The molecule has 3 aromatic carbocycles. The van der Waals surface area contributed by atoms with Crippen LogP contribution in [0.2, 0.25) is 5.02 Å². The fourth-order valence-corrected chi connectivity index (χ4v) is 6.95. The van der Waals surface area contributed by atoms with E-state index in [1.54, 1.807) is 29.3 Å². The molecule has 2 atom stereocenters. The Morgan fingerprint density at radius 2 is 1.98 bits per heavy atom. The summed E-state index contributed by atoms with van der Waals surface area (Å²) in [5.41, 5.74) is 3.82. The summed E-state index contributed by atoms with van der Waals surface area (Å²) >= 11 is 6.06. The minimum absolute atomic E-state index is 0.101. The summed E-state index contributed by atoms with van der Waals surface area (Å²) in [7, 11) is -1.97. The van der Waals surface area contributed by atoms with E-state index in [-0.39, 0.29) is 29.1 Å². The predicted molar refractivity (Wildman–Crippen MR) is 156 cm³/mol. The van der Waals surface area contributed by atoms with Crippen molar-refractivity contribution in [2.45, 2.75) is 42.7 Å². The van der Waals surface area contributed by atoms with Crippen molar-refractivity contribution in [1.29, 1.82) is 0 Å². The second-order valence-corrected chi connectivity index (χ2v) is 12.6. The first-order valence-corrected chi connectivity index (χ1v) is 15.2. The van der Waals surface area contributed by atoms with Gasteiger partial charge in [0.25, 0.3) is 5.91 Å². The standard InChI is InChI=1S/C31H28ClFN4O3S/c1-36-14-13-34-30(36)19-37(31(38)28-18-26(28)21-6-2-8-23(33)15-21)24-12-11-20-5-3-10-29(27(20)17-24)35-41(39,40)25-9-4-7-22(32)16-25/h2,4,6-9,11-18,26,29,35H,3,5,10,19H2,1H3/t26-,29-/m0/s1. The molecule has 1 amide bonds. The molecule has 6 rings (SSSR count). The molecule has 0 aliphatic heterocycles. The van der Waals surface area contributed by atoms with Gasteiger partial charge in [-0.2, -0.15) is 0 Å². The lowest BCUT2D eigenvalue weighted by Crippen LogP contribution is -2.33. The van der Waals surface area contributed by atoms with Gasteiger partial charge in [0, 0.05) is 47.7 Å². The van der Waals surface area contributed by atoms with Crippen LogP contribution in [0.25, 0.3) is 0 Å². The number of rotatable bonds is 8. The van der Waals surface area contributed by atoms with Crippen molar-refractivity contribution < 1.29 is 17.6 Å². The number of hydrogen-bond donors (Lipinski definition) is 1. The Balaban J connectivity index is 1.32. The average molecular weight is 591 g/mol. The lowest BCUT2D eigenvalue weighted by Gasteiger charge is -2.29. The predicted octanol–water partition coefficient (Wildman–Crippen LogP) is 5.83. The minimum Gasteiger partial charge on any atom is -0.337 e. The topological polar surface area (TPSA) is 84.3 Å². The Bertz CT molecular complexity index is 1790. The third-order valence-corrected chi connectivity index (χ3v) is 9.36. The highest BCUT2D eigenvalue weighted by atomic mass is 35.5. The zero-order chi connectivity index (χ0) is 28.7. The van der Waals surface area contributed by atoms with Crippen molar-refractivity contribution in [2.75, 3.05) is 4.90 Å². The van der Waals surface area contributed by atoms with Crippen LogP contribution in [0.4, 0.5) is 10.1 Å². The Hall–Kier alpha value is -3.79. The monoisotopic (exact) mass is 590 g/mol. The van der Waals surface area contributed by atoms with E-state index in [1.165, 1.54) is 24.3 Å². The first kappa shape index (κ1) is 27.4. The van der Waals surface area contributed by atoms with Gasteiger partial charge in [-0.3, -0.25) is 4.79 Å². The molecular weight excluding hydrogens is 563 g/mol. The van der Waals surface area contributed by atoms with E-state index >= 15 is 0 Å². The Morgan fingerprint density at radius 1 is 1.15 bits per heavy atom. The van der Waals surface area contributed by atoms with Crippen LogP contribution < -0.4 is 9.62 Å². The number of hydrogen-bond acceptors (Lipinski definition) is 4. The molecule has 1 N–H and O–H groups in total. The van der Waals surface area contributed by atoms with Crippen LogP contribution in [-0.4, -0.2) is 23.9 Å². The number of fused-ring (bicyclic) bond motifs is 1. The summed E-state index contributed by atoms with van der Waals surface area (Å²) in [6.45, 7) is 0.216. The number of nitrogens with one attached hydrogen (secondary N) is 1. The van der Waals surface area contributed by atoms with Gasteiger partial charge < -0.3 is 9.47 Å². The van der Waals surface area contributed by atoms with E-state index in [9.17, 15) is 17.6 Å². The van der Waals surface area contributed by atoms with E-state index in [0.717, 1.165) is 29.5 Å². The van der Waals surface area contributed by atoms with Gasteiger partial charge in [0.2, 0.25) is 10.0 Å². The van der Waals surface area contributed by atoms with Crippen molar-refractivity contribution >= 4 is 33.2 Å². The molecule has 10 heteroatoms. The molecular formula is C31H28ClFN4O3S. The fourth-order valence-electron chi connectivity index (χ4n) is 5.40. The molecule has 1 aromatic heterocycles. The van der Waals surface area contributed by atoms with Crippen LogP contribution >= 0.6 is 11.6 Å². The van der Waals surface area contributed by atoms with E-state index < -0.39 is 16.1 Å². The number of nitrogens with zero attached hydrogens (tertiary/aromatic N) is 3. The van der Waals surface area contributed by atoms with Crippen LogP contribution in [0.15, 0.2) is 95.7 Å². The molecule has 2 aliphatic carbocycles. The molecule has 0 saturated heterocycles. The minimum atomic E-state index is -3.83. The first-order chi connectivity index (χ1) is 19.7. The molecule has 2 aliphatic rings. The number of benzene rings is 3. The number of amides is 1. The number of anilines is 1. The van der Waals surface area contributed by atoms with Crippen molar-refractivity contribution in [1.82, 2.24) is 14.3 Å². The highest BCUT2D eigenvalue weighted by Crippen LogP contribution is 2.42. The number of allylic oxidation sites excluding steroid dienone is 1. The van der Waals surface area contributed by atoms with Gasteiger partial charge in [-0.25, -0.2) is 22.5 Å². The van der Waals surface area contributed by atoms with Crippen molar-refractivity contribution in [3.05, 3.63) is 124 Å². The second-order valence-electron chi connectivity index (χ2n) is 10.4. The molecule has 7 nitrogen and oxygen atoms in total. The van der Waals surface area contributed by atoms with Gasteiger partial charge in [0.1, 0.15) is 11.6 Å². The third-order valence-electron chi connectivity index (χ3n) is 7.65. The maximum Gasteiger partial charge on any atom is 0.255 e. The SMILES string of the molecule is Cn1ccnc1CN(C(=O)C1=C[C@H]1c1cccc(F)c1)c1ccc2c(c1)[C@@H](NS(=O)(=O)c1cccc(Cl)c1)CCC2. The van der Waals surface area contributed by atoms with Crippen molar-refractivity contribution in [3.8, 4) is 0 Å². The number of aryl methyl sites for hydroxylation is 2. The molecule has 0 fully saturated rings. The molecule has 0 spiro atoms. The molecule has 0 radical (unpaired) electrons. The van der Waals surface area contributed by atoms with Crippen LogP contribution in [0.5, 0.6) is 0 Å². The fraction of sp³-hybridized carbons (Fsp3) is 0.226. The maximum atomic E-state index is 13.9. The zero-order valence-electron chi connectivity index (χ0n) is 22.3. The lowest BCUT2D eigenvalue weighted by molar-refractivity contribution is -0.115. The Labute approximate surface area is 243 Å². The van der Waals surface area contributed by atoms with Gasteiger partial charge in [-0.15, -0.1) is 0 Å². The molecule has 0 unspecified atom stereocenters. The van der Waals surface area contributed by atoms with E-state index in [1.807, 2.05) is 48.2 Å².